The molecule has 0 spiro atoms. The van der Waals surface area contributed by atoms with Crippen molar-refractivity contribution in [2.45, 2.75) is 19.3 Å². The van der Waals surface area contributed by atoms with E-state index in [1.165, 1.54) is 12.1 Å². The van der Waals surface area contributed by atoms with Gasteiger partial charge >= 0.3 is 0 Å². The molecule has 0 amide bonds. The van der Waals surface area contributed by atoms with Crippen LogP contribution in [0, 0.1) is 12.7 Å². The van der Waals surface area contributed by atoms with Gasteiger partial charge < -0.3 is 10.5 Å². The Morgan fingerprint density at radius 3 is 2.45 bits per heavy atom. The summed E-state index contributed by atoms with van der Waals surface area (Å²) in [6, 6.07) is 14.5. The van der Waals surface area contributed by atoms with Gasteiger partial charge in [-0.25, -0.2) is 4.39 Å². The minimum atomic E-state index is -0.222. The quantitative estimate of drug-likeness (QED) is 0.872. The maximum absolute atomic E-state index is 12.9. The van der Waals surface area contributed by atoms with Crippen molar-refractivity contribution in [1.29, 1.82) is 0 Å². The van der Waals surface area contributed by atoms with Gasteiger partial charge in [0.15, 0.2) is 0 Å². The molecule has 2 aromatic rings. The third kappa shape index (κ3) is 3.81. The van der Waals surface area contributed by atoms with Gasteiger partial charge in [0.2, 0.25) is 0 Å². The molecule has 0 saturated carbocycles. The number of hydrogen-bond acceptors (Lipinski definition) is 2. The van der Waals surface area contributed by atoms with Crippen molar-refractivity contribution in [2.75, 3.05) is 13.2 Å². The van der Waals surface area contributed by atoms with Gasteiger partial charge in [-0.05, 0) is 55.1 Å². The van der Waals surface area contributed by atoms with Crippen LogP contribution in [-0.2, 0) is 0 Å². The molecule has 20 heavy (non-hydrogen) atoms. The number of ether oxygens (including phenoxy) is 1. The van der Waals surface area contributed by atoms with E-state index in [0.717, 1.165) is 23.3 Å². The van der Waals surface area contributed by atoms with Crippen LogP contribution in [0.2, 0.25) is 0 Å². The van der Waals surface area contributed by atoms with Gasteiger partial charge in [-0.3, -0.25) is 0 Å². The molecule has 0 aliphatic carbocycles. The first-order valence-electron chi connectivity index (χ1n) is 6.84. The SMILES string of the molecule is Cc1ccccc1OCCC(CN)c1ccc(F)cc1. The zero-order chi connectivity index (χ0) is 14.4. The first-order chi connectivity index (χ1) is 9.70. The number of nitrogens with two attached hydrogens (primary N) is 1. The first-order valence-corrected chi connectivity index (χ1v) is 6.84. The molecule has 0 aliphatic rings. The van der Waals surface area contributed by atoms with Gasteiger partial charge in [-0.2, -0.15) is 0 Å². The summed E-state index contributed by atoms with van der Waals surface area (Å²) < 4.78 is 18.7. The second kappa shape index (κ2) is 7.06. The number of hydrogen-bond donors (Lipinski definition) is 1. The molecule has 0 saturated heterocycles. The summed E-state index contributed by atoms with van der Waals surface area (Å²) in [5.74, 6) is 0.877. The molecule has 0 aromatic heterocycles. The van der Waals surface area contributed by atoms with Crippen LogP contribution in [0.1, 0.15) is 23.5 Å². The van der Waals surface area contributed by atoms with Gasteiger partial charge in [-0.1, -0.05) is 30.3 Å². The van der Waals surface area contributed by atoms with E-state index < -0.39 is 0 Å². The molecule has 0 bridgehead atoms. The number of benzene rings is 2. The Morgan fingerprint density at radius 2 is 1.80 bits per heavy atom. The predicted molar refractivity (Wildman–Crippen MR) is 79.5 cm³/mol. The standard InChI is InChI=1S/C17H20FNO/c1-13-4-2-3-5-17(13)20-11-10-15(12-19)14-6-8-16(18)9-7-14/h2-9,15H,10-12,19H2,1H3. The third-order valence-electron chi connectivity index (χ3n) is 3.44. The molecule has 1 unspecified atom stereocenters. The highest BCUT2D eigenvalue weighted by Gasteiger charge is 2.10. The predicted octanol–water partition coefficient (Wildman–Crippen LogP) is 3.65. The summed E-state index contributed by atoms with van der Waals surface area (Å²) in [5.41, 5.74) is 7.98. The lowest BCUT2D eigenvalue weighted by atomic mass is 9.96. The Morgan fingerprint density at radius 1 is 1.10 bits per heavy atom. The summed E-state index contributed by atoms with van der Waals surface area (Å²) in [6.45, 7) is 3.16. The van der Waals surface area contributed by atoms with E-state index in [0.29, 0.717) is 13.2 Å². The number of para-hydroxylation sites is 1. The number of aryl methyl sites for hydroxylation is 1. The average molecular weight is 273 g/mol. The van der Waals surface area contributed by atoms with Crippen LogP contribution in [-0.4, -0.2) is 13.2 Å². The molecule has 0 radical (unpaired) electrons. The summed E-state index contributed by atoms with van der Waals surface area (Å²) in [7, 11) is 0. The van der Waals surface area contributed by atoms with Crippen molar-refractivity contribution in [3.63, 3.8) is 0 Å². The highest BCUT2D eigenvalue weighted by Crippen LogP contribution is 2.21. The topological polar surface area (TPSA) is 35.2 Å². The van der Waals surface area contributed by atoms with Crippen LogP contribution in [0.5, 0.6) is 5.75 Å². The zero-order valence-corrected chi connectivity index (χ0v) is 11.7. The van der Waals surface area contributed by atoms with Crippen molar-refractivity contribution in [3.05, 3.63) is 65.5 Å². The Balaban J connectivity index is 1.91. The molecule has 3 heteroatoms. The minimum Gasteiger partial charge on any atom is -0.493 e. The molecular weight excluding hydrogens is 253 g/mol. The molecule has 2 aromatic carbocycles. The largest absolute Gasteiger partial charge is 0.493 e. The number of halogens is 1. The molecule has 0 fully saturated rings. The summed E-state index contributed by atoms with van der Waals surface area (Å²) in [4.78, 5) is 0. The van der Waals surface area contributed by atoms with Crippen molar-refractivity contribution in [1.82, 2.24) is 0 Å². The van der Waals surface area contributed by atoms with Crippen LogP contribution >= 0.6 is 0 Å². The molecule has 0 aliphatic heterocycles. The van der Waals surface area contributed by atoms with E-state index in [4.69, 9.17) is 10.5 Å². The van der Waals surface area contributed by atoms with Crippen molar-refractivity contribution in [2.24, 2.45) is 5.73 Å². The van der Waals surface area contributed by atoms with Crippen LogP contribution in [0.15, 0.2) is 48.5 Å². The lowest BCUT2D eigenvalue weighted by Gasteiger charge is -2.16. The smallest absolute Gasteiger partial charge is 0.123 e. The van der Waals surface area contributed by atoms with Crippen molar-refractivity contribution in [3.8, 4) is 5.75 Å². The number of rotatable bonds is 6. The normalized spacial score (nSPS) is 12.2. The van der Waals surface area contributed by atoms with E-state index in [-0.39, 0.29) is 11.7 Å². The summed E-state index contributed by atoms with van der Waals surface area (Å²) in [6.07, 6.45) is 0.816. The Labute approximate surface area is 119 Å². The van der Waals surface area contributed by atoms with E-state index in [9.17, 15) is 4.39 Å². The van der Waals surface area contributed by atoms with Crippen LogP contribution < -0.4 is 10.5 Å². The van der Waals surface area contributed by atoms with Gasteiger partial charge in [0.25, 0.3) is 0 Å². The molecule has 0 heterocycles. The Kier molecular flexibility index (Phi) is 5.13. The molecular formula is C17H20FNO. The maximum Gasteiger partial charge on any atom is 0.123 e. The van der Waals surface area contributed by atoms with E-state index in [1.807, 2.05) is 31.2 Å². The molecule has 106 valence electrons. The van der Waals surface area contributed by atoms with Gasteiger partial charge in [0, 0.05) is 0 Å². The molecule has 2 rings (SSSR count). The second-order valence-corrected chi connectivity index (χ2v) is 4.89. The maximum atomic E-state index is 12.9. The Hall–Kier alpha value is -1.87. The lowest BCUT2D eigenvalue weighted by molar-refractivity contribution is 0.296. The fraction of sp³-hybridized carbons (Fsp3) is 0.294. The van der Waals surface area contributed by atoms with Crippen LogP contribution in [0.4, 0.5) is 4.39 Å². The van der Waals surface area contributed by atoms with Crippen LogP contribution in [0.25, 0.3) is 0 Å². The molecule has 2 nitrogen and oxygen atoms in total. The summed E-state index contributed by atoms with van der Waals surface area (Å²) in [5, 5.41) is 0. The monoisotopic (exact) mass is 273 g/mol. The third-order valence-corrected chi connectivity index (χ3v) is 3.44. The zero-order valence-electron chi connectivity index (χ0n) is 11.7. The fourth-order valence-corrected chi connectivity index (χ4v) is 2.19. The molecule has 2 N–H and O–H groups in total. The van der Waals surface area contributed by atoms with E-state index in [1.54, 1.807) is 12.1 Å². The van der Waals surface area contributed by atoms with Gasteiger partial charge in [0.05, 0.1) is 6.61 Å². The van der Waals surface area contributed by atoms with Crippen LogP contribution in [0.3, 0.4) is 0 Å². The van der Waals surface area contributed by atoms with Gasteiger partial charge in [0.1, 0.15) is 11.6 Å². The average Bonchev–Trinajstić information content (AvgIpc) is 2.47. The highest BCUT2D eigenvalue weighted by atomic mass is 19.1. The van der Waals surface area contributed by atoms with Crippen molar-refractivity contribution < 1.29 is 9.13 Å². The summed E-state index contributed by atoms with van der Waals surface area (Å²) >= 11 is 0. The van der Waals surface area contributed by atoms with E-state index >= 15 is 0 Å². The molecule has 1 atom stereocenters. The van der Waals surface area contributed by atoms with E-state index in [2.05, 4.69) is 0 Å². The lowest BCUT2D eigenvalue weighted by Crippen LogP contribution is -2.15. The van der Waals surface area contributed by atoms with Gasteiger partial charge in [-0.15, -0.1) is 0 Å². The highest BCUT2D eigenvalue weighted by molar-refractivity contribution is 5.31. The minimum absolute atomic E-state index is 0.194. The second-order valence-electron chi connectivity index (χ2n) is 4.89. The van der Waals surface area contributed by atoms with Crippen molar-refractivity contribution >= 4 is 0 Å². The Bertz CT molecular complexity index is 539. The fourth-order valence-electron chi connectivity index (χ4n) is 2.19. The first kappa shape index (κ1) is 14.5.